The monoisotopic (exact) mass is 1090 g/mol. The Labute approximate surface area is 454 Å². The van der Waals surface area contributed by atoms with Gasteiger partial charge in [0.1, 0.15) is 24.2 Å². The number of hydrogen-bond donors (Lipinski definition) is 1. The molecule has 18 heteroatoms. The molecule has 0 saturated heterocycles. The molecule has 0 saturated carbocycles. The van der Waals surface area contributed by atoms with Crippen LogP contribution in [0.2, 0.25) is 0 Å². The fourth-order valence-corrected chi connectivity index (χ4v) is 14.8. The van der Waals surface area contributed by atoms with Crippen molar-refractivity contribution >= 4 is 83.6 Å². The van der Waals surface area contributed by atoms with Gasteiger partial charge in [0.15, 0.2) is 17.3 Å². The third-order valence-electron chi connectivity index (χ3n) is 14.8. The van der Waals surface area contributed by atoms with E-state index in [-0.39, 0.29) is 78.1 Å². The van der Waals surface area contributed by atoms with Crippen LogP contribution in [0.4, 0.5) is 28.4 Å². The minimum Gasteiger partial charge on any atom is -0.493 e. The van der Waals surface area contributed by atoms with E-state index in [1.54, 1.807) is 30.9 Å². The van der Waals surface area contributed by atoms with Crippen molar-refractivity contribution in [3.8, 4) is 17.2 Å². The van der Waals surface area contributed by atoms with Crippen LogP contribution in [0.5, 0.6) is 17.2 Å². The molecule has 4 aliphatic heterocycles. The Bertz CT molecular complexity index is 3190. The summed E-state index contributed by atoms with van der Waals surface area (Å²) in [5.74, 6) is 0.797. The lowest BCUT2D eigenvalue weighted by Crippen LogP contribution is -2.41. The second-order valence-corrected chi connectivity index (χ2v) is 26.1. The zero-order valence-electron chi connectivity index (χ0n) is 44.6. The summed E-state index contributed by atoms with van der Waals surface area (Å²) in [6, 6.07) is 29.4. The van der Waals surface area contributed by atoms with Crippen molar-refractivity contribution in [2.24, 2.45) is 0 Å². The largest absolute Gasteiger partial charge is 0.493 e. The first kappa shape index (κ1) is 54.6. The maximum atomic E-state index is 14.3. The number of nitrogens with one attached hydrogen (secondary N) is 1. The van der Waals surface area contributed by atoms with Gasteiger partial charge in [-0.25, -0.2) is 0 Å². The lowest BCUT2D eigenvalue weighted by molar-refractivity contribution is -0.118. The summed E-state index contributed by atoms with van der Waals surface area (Å²) in [6.07, 6.45) is 2.47. The lowest BCUT2D eigenvalue weighted by Gasteiger charge is -2.26. The molecule has 0 radical (unpaired) electrons. The number of ether oxygens (including phenoxy) is 3. The molecule has 0 aromatic heterocycles. The molecule has 402 valence electrons. The van der Waals surface area contributed by atoms with Gasteiger partial charge < -0.3 is 39.1 Å². The van der Waals surface area contributed by atoms with Crippen LogP contribution < -0.4 is 39.1 Å². The van der Waals surface area contributed by atoms with E-state index in [0.29, 0.717) is 53.6 Å². The SMILES string of the molecule is CCC(=O)C(CC(C)SSC(C)(C)CCC(=O)Nc1cc(COc2cc3c(cc2C)C(=O)N2c4ccccc4C[C@H]2CN3C)cc(COc2cc3c(cc2OC)C(=O)N2c4ccccc4C[C@H]2CN3C)c1)S(=O)(=O)OC. The molecule has 0 spiro atoms. The van der Waals surface area contributed by atoms with Gasteiger partial charge in [-0.2, -0.15) is 8.42 Å². The number of methoxy groups -OCH3 is 1. The Hall–Kier alpha value is -6.21. The number of fused-ring (bicyclic) bond motifs is 8. The van der Waals surface area contributed by atoms with E-state index in [1.165, 1.54) is 16.4 Å². The fourth-order valence-electron chi connectivity index (χ4n) is 10.8. The Balaban J connectivity index is 0.935. The number of ketones is 1. The molecule has 1 N–H and O–H groups in total. The van der Waals surface area contributed by atoms with Gasteiger partial charge in [-0.1, -0.05) is 71.8 Å². The summed E-state index contributed by atoms with van der Waals surface area (Å²) in [5.41, 5.74) is 9.76. The first-order valence-corrected chi connectivity index (χ1v) is 29.4. The number of carbonyl (C=O) groups excluding carboxylic acids is 4. The van der Waals surface area contributed by atoms with E-state index >= 15 is 0 Å². The van der Waals surface area contributed by atoms with Crippen molar-refractivity contribution in [1.82, 2.24) is 0 Å². The Morgan fingerprint density at radius 3 is 1.84 bits per heavy atom. The van der Waals surface area contributed by atoms with Crippen LogP contribution in [0, 0.1) is 6.92 Å². The highest BCUT2D eigenvalue weighted by atomic mass is 33.1. The lowest BCUT2D eigenvalue weighted by atomic mass is 10.1. The number of hydrogen-bond acceptors (Lipinski definition) is 14. The zero-order chi connectivity index (χ0) is 54.2. The maximum Gasteiger partial charge on any atom is 0.277 e. The summed E-state index contributed by atoms with van der Waals surface area (Å²) in [6.45, 7) is 11.1. The third kappa shape index (κ3) is 11.4. The standard InChI is InChI=1S/C58H67N5O10S3/c1-10-50(64)54(76(68,69)71-9)22-36(3)74-75-58(4,5)20-19-55(65)59-41-24-37(33-72-51-29-48-44(21-35(51)2)56(66)62-42(31-60(48)6)26-39-15-11-13-17-46(39)62)23-38(25-41)34-73-53-30-49-45(28-52(53)70-8)57(67)63-43(32-61(49)7)27-40-16-12-14-18-47(40)63/h11-18,21,23-25,28-30,36,42-43,54H,10,19-20,22,26-27,31-34H2,1-9H3,(H,59,65)/t36?,42-,43-,54?/m0/s1. The molecular weight excluding hydrogens is 1020 g/mol. The molecule has 5 aromatic rings. The summed E-state index contributed by atoms with van der Waals surface area (Å²) >= 11 is 0. The van der Waals surface area contributed by atoms with Gasteiger partial charge in [-0.3, -0.25) is 23.4 Å². The van der Waals surface area contributed by atoms with Crippen LogP contribution in [-0.2, 0) is 49.9 Å². The molecule has 2 unspecified atom stereocenters. The van der Waals surface area contributed by atoms with E-state index in [4.69, 9.17) is 18.4 Å². The van der Waals surface area contributed by atoms with Crippen molar-refractivity contribution in [2.45, 2.75) is 114 Å². The van der Waals surface area contributed by atoms with Gasteiger partial charge in [-0.05, 0) is 117 Å². The highest BCUT2D eigenvalue weighted by Crippen LogP contribution is 2.45. The molecule has 0 aliphatic carbocycles. The Morgan fingerprint density at radius 1 is 0.750 bits per heavy atom. The molecule has 76 heavy (non-hydrogen) atoms. The second-order valence-electron chi connectivity index (χ2n) is 20.9. The highest BCUT2D eigenvalue weighted by molar-refractivity contribution is 8.77. The molecule has 4 atom stereocenters. The average molecular weight is 1090 g/mol. The van der Waals surface area contributed by atoms with Crippen LogP contribution >= 0.6 is 21.6 Å². The van der Waals surface area contributed by atoms with E-state index in [1.807, 2.05) is 124 Å². The van der Waals surface area contributed by atoms with Gasteiger partial charge in [0.2, 0.25) is 5.91 Å². The number of para-hydroxylation sites is 2. The van der Waals surface area contributed by atoms with E-state index in [2.05, 4.69) is 27.2 Å². The minimum absolute atomic E-state index is 0.00827. The Morgan fingerprint density at radius 2 is 1.29 bits per heavy atom. The van der Waals surface area contributed by atoms with E-state index in [9.17, 15) is 27.6 Å². The van der Waals surface area contributed by atoms with Crippen LogP contribution in [0.1, 0.15) is 102 Å². The van der Waals surface area contributed by atoms with E-state index < -0.39 is 15.4 Å². The highest BCUT2D eigenvalue weighted by Gasteiger charge is 2.41. The fraction of sp³-hybridized carbons (Fsp3) is 0.414. The van der Waals surface area contributed by atoms with Gasteiger partial charge in [0.05, 0.1) is 48.8 Å². The van der Waals surface area contributed by atoms with Crippen molar-refractivity contribution in [3.05, 3.63) is 130 Å². The van der Waals surface area contributed by atoms with Gasteiger partial charge >= 0.3 is 0 Å². The number of nitrogens with zero attached hydrogens (tertiary/aromatic N) is 4. The normalized spacial score (nSPS) is 17.6. The molecule has 3 amide bonds. The number of amides is 3. The average Bonchev–Trinajstić information content (AvgIpc) is 3.91. The smallest absolute Gasteiger partial charge is 0.277 e. The summed E-state index contributed by atoms with van der Waals surface area (Å²) in [5, 5.41) is 1.70. The Kier molecular flexibility index (Phi) is 16.1. The minimum atomic E-state index is -4.03. The molecule has 15 nitrogen and oxygen atoms in total. The quantitative estimate of drug-likeness (QED) is 0.0578. The van der Waals surface area contributed by atoms with Crippen LogP contribution in [0.25, 0.3) is 0 Å². The third-order valence-corrected chi connectivity index (χ3v) is 20.3. The molecular formula is C58H67N5O10S3. The number of rotatable bonds is 20. The zero-order valence-corrected chi connectivity index (χ0v) is 47.1. The number of aryl methyl sites for hydroxylation is 1. The van der Waals surface area contributed by atoms with Gasteiger partial charge in [-0.15, -0.1) is 0 Å². The van der Waals surface area contributed by atoms with Crippen LogP contribution in [0.3, 0.4) is 0 Å². The maximum absolute atomic E-state index is 14.3. The topological polar surface area (TPSA) is 164 Å². The van der Waals surface area contributed by atoms with Crippen molar-refractivity contribution in [1.29, 1.82) is 0 Å². The summed E-state index contributed by atoms with van der Waals surface area (Å²) < 4.78 is 48.5. The molecule has 0 bridgehead atoms. The number of carbonyl (C=O) groups is 4. The molecule has 5 aromatic carbocycles. The number of anilines is 5. The number of likely N-dealkylation sites (N-methyl/N-ethyl adjacent to an activating group) is 2. The van der Waals surface area contributed by atoms with Gasteiger partial charge in [0.25, 0.3) is 21.9 Å². The van der Waals surface area contributed by atoms with Gasteiger partial charge in [0, 0.05) is 79.2 Å². The number of benzene rings is 5. The molecule has 0 fully saturated rings. The second kappa shape index (κ2) is 22.4. The molecule has 9 rings (SSSR count). The number of Topliss-reactive ketones (excluding diaryl/α,β-unsaturated/α-hetero) is 1. The van der Waals surface area contributed by atoms with Crippen LogP contribution in [0.15, 0.2) is 91.0 Å². The molecule has 4 aliphatic rings. The predicted octanol–water partition coefficient (Wildman–Crippen LogP) is 10.2. The summed E-state index contributed by atoms with van der Waals surface area (Å²) in [4.78, 5) is 63.0. The first-order valence-electron chi connectivity index (χ1n) is 25.7. The van der Waals surface area contributed by atoms with Crippen LogP contribution in [-0.4, -0.2) is 101 Å². The van der Waals surface area contributed by atoms with E-state index in [0.717, 1.165) is 65.0 Å². The summed E-state index contributed by atoms with van der Waals surface area (Å²) in [7, 11) is 5.64. The predicted molar refractivity (Wildman–Crippen MR) is 304 cm³/mol. The van der Waals surface area contributed by atoms with Crippen molar-refractivity contribution in [2.75, 3.05) is 66.3 Å². The first-order chi connectivity index (χ1) is 36.3. The van der Waals surface area contributed by atoms with Crippen molar-refractivity contribution < 1.29 is 46.0 Å². The molecule has 4 heterocycles. The van der Waals surface area contributed by atoms with Crippen molar-refractivity contribution in [3.63, 3.8) is 0 Å².